The van der Waals surface area contributed by atoms with Crippen LogP contribution in [0.2, 0.25) is 0 Å². The highest BCUT2D eigenvalue weighted by molar-refractivity contribution is 9.10. The smallest absolute Gasteiger partial charge is 0.328 e. The molecule has 1 unspecified atom stereocenters. The molecule has 1 amide bonds. The second kappa shape index (κ2) is 5.49. The summed E-state index contributed by atoms with van der Waals surface area (Å²) >= 11 is 3.38. The summed E-state index contributed by atoms with van der Waals surface area (Å²) in [5, 5.41) is 9.09. The van der Waals surface area contributed by atoms with E-state index in [1.807, 2.05) is 24.3 Å². The summed E-state index contributed by atoms with van der Waals surface area (Å²) in [6.07, 6.45) is 0. The predicted molar refractivity (Wildman–Crippen MR) is 66.9 cm³/mol. The standard InChI is InChI=1S/C12H12BrNO4/c13-9-4-2-1-3-8(9)5-14-10(12(16)17)6-18-7-11(14)15/h1-4,10H,5-7H2,(H,16,17). The second-order valence-electron chi connectivity index (χ2n) is 3.98. The number of carbonyl (C=O) groups is 2. The summed E-state index contributed by atoms with van der Waals surface area (Å²) in [5.41, 5.74) is 0.874. The molecule has 1 aromatic rings. The molecule has 5 nitrogen and oxygen atoms in total. The van der Waals surface area contributed by atoms with E-state index in [1.54, 1.807) is 0 Å². The zero-order valence-electron chi connectivity index (χ0n) is 9.51. The van der Waals surface area contributed by atoms with Gasteiger partial charge in [0.15, 0.2) is 6.04 Å². The molecule has 96 valence electrons. The van der Waals surface area contributed by atoms with Crippen LogP contribution in [0, 0.1) is 0 Å². The third kappa shape index (κ3) is 2.70. The number of carboxylic acid groups (broad SMARTS) is 1. The number of rotatable bonds is 3. The molecular weight excluding hydrogens is 302 g/mol. The molecule has 1 fully saturated rings. The van der Waals surface area contributed by atoms with Crippen LogP contribution < -0.4 is 0 Å². The van der Waals surface area contributed by atoms with Crippen molar-refractivity contribution in [1.29, 1.82) is 0 Å². The van der Waals surface area contributed by atoms with E-state index in [0.717, 1.165) is 10.0 Å². The van der Waals surface area contributed by atoms with Gasteiger partial charge in [-0.3, -0.25) is 4.79 Å². The van der Waals surface area contributed by atoms with Gasteiger partial charge in [0.1, 0.15) is 6.61 Å². The first-order valence-electron chi connectivity index (χ1n) is 5.43. The minimum atomic E-state index is -1.05. The van der Waals surface area contributed by atoms with Gasteiger partial charge in [-0.05, 0) is 11.6 Å². The molecule has 1 heterocycles. The van der Waals surface area contributed by atoms with E-state index in [0.29, 0.717) is 0 Å². The molecule has 1 aromatic carbocycles. The minimum absolute atomic E-state index is 0.0333. The van der Waals surface area contributed by atoms with Gasteiger partial charge in [0.25, 0.3) is 0 Å². The van der Waals surface area contributed by atoms with Gasteiger partial charge in [0.05, 0.1) is 6.61 Å². The lowest BCUT2D eigenvalue weighted by Crippen LogP contribution is -2.52. The van der Waals surface area contributed by atoms with Gasteiger partial charge < -0.3 is 14.7 Å². The maximum atomic E-state index is 11.7. The van der Waals surface area contributed by atoms with Gasteiger partial charge in [-0.25, -0.2) is 4.79 Å². The molecule has 2 rings (SSSR count). The van der Waals surface area contributed by atoms with Crippen molar-refractivity contribution in [3.63, 3.8) is 0 Å². The van der Waals surface area contributed by atoms with Crippen LogP contribution in [0.25, 0.3) is 0 Å². The molecule has 0 saturated carbocycles. The van der Waals surface area contributed by atoms with Crippen LogP contribution in [0.3, 0.4) is 0 Å². The molecule has 0 bridgehead atoms. The van der Waals surface area contributed by atoms with Crippen LogP contribution in [0.15, 0.2) is 28.7 Å². The van der Waals surface area contributed by atoms with Gasteiger partial charge in [-0.15, -0.1) is 0 Å². The number of nitrogens with zero attached hydrogens (tertiary/aromatic N) is 1. The Morgan fingerprint density at radius 1 is 1.50 bits per heavy atom. The average Bonchev–Trinajstić information content (AvgIpc) is 2.34. The number of benzene rings is 1. The van der Waals surface area contributed by atoms with Crippen molar-refractivity contribution < 1.29 is 19.4 Å². The van der Waals surface area contributed by atoms with Crippen LogP contribution in [0.1, 0.15) is 5.56 Å². The number of halogens is 1. The van der Waals surface area contributed by atoms with Gasteiger partial charge in [-0.2, -0.15) is 0 Å². The number of ether oxygens (including phenoxy) is 1. The SMILES string of the molecule is O=C(O)C1COCC(=O)N1Cc1ccccc1Br. The summed E-state index contributed by atoms with van der Waals surface area (Å²) in [4.78, 5) is 24.2. The number of carbonyl (C=O) groups excluding carboxylic acids is 1. The average molecular weight is 314 g/mol. The molecule has 0 aromatic heterocycles. The van der Waals surface area contributed by atoms with Crippen LogP contribution in [-0.4, -0.2) is 41.1 Å². The fourth-order valence-corrected chi connectivity index (χ4v) is 2.23. The van der Waals surface area contributed by atoms with Crippen molar-refractivity contribution in [2.75, 3.05) is 13.2 Å². The van der Waals surface area contributed by atoms with Gasteiger partial charge in [0, 0.05) is 11.0 Å². The number of aliphatic carboxylic acids is 1. The highest BCUT2D eigenvalue weighted by Crippen LogP contribution is 2.20. The molecule has 0 radical (unpaired) electrons. The van der Waals surface area contributed by atoms with Gasteiger partial charge >= 0.3 is 5.97 Å². The molecule has 0 spiro atoms. The lowest BCUT2D eigenvalue weighted by atomic mass is 10.1. The zero-order valence-corrected chi connectivity index (χ0v) is 11.1. The minimum Gasteiger partial charge on any atom is -0.480 e. The third-order valence-electron chi connectivity index (χ3n) is 2.78. The third-order valence-corrected chi connectivity index (χ3v) is 3.56. The molecule has 1 N–H and O–H groups in total. The first-order chi connectivity index (χ1) is 8.59. The van der Waals surface area contributed by atoms with Gasteiger partial charge in [0.2, 0.25) is 5.91 Å². The monoisotopic (exact) mass is 313 g/mol. The summed E-state index contributed by atoms with van der Waals surface area (Å²) in [7, 11) is 0. The molecule has 1 saturated heterocycles. The Morgan fingerprint density at radius 2 is 2.22 bits per heavy atom. The van der Waals surface area contributed by atoms with Gasteiger partial charge in [-0.1, -0.05) is 34.1 Å². The Hall–Kier alpha value is -1.40. The summed E-state index contributed by atoms with van der Waals surface area (Å²) < 4.78 is 5.83. The van der Waals surface area contributed by atoms with E-state index >= 15 is 0 Å². The van der Waals surface area contributed by atoms with E-state index in [1.165, 1.54) is 4.90 Å². The van der Waals surface area contributed by atoms with Crippen molar-refractivity contribution >= 4 is 27.8 Å². The molecule has 1 aliphatic rings. The highest BCUT2D eigenvalue weighted by atomic mass is 79.9. The predicted octanol–water partition coefficient (Wildman–Crippen LogP) is 1.26. The van der Waals surface area contributed by atoms with Crippen molar-refractivity contribution in [3.8, 4) is 0 Å². The Kier molecular flexibility index (Phi) is 3.98. The highest BCUT2D eigenvalue weighted by Gasteiger charge is 2.34. The fraction of sp³-hybridized carbons (Fsp3) is 0.333. The molecule has 1 aliphatic heterocycles. The van der Waals surface area contributed by atoms with E-state index in [2.05, 4.69) is 15.9 Å². The Morgan fingerprint density at radius 3 is 2.89 bits per heavy atom. The lowest BCUT2D eigenvalue weighted by molar-refractivity contribution is -0.163. The van der Waals surface area contributed by atoms with Crippen molar-refractivity contribution in [2.45, 2.75) is 12.6 Å². The van der Waals surface area contributed by atoms with Crippen molar-refractivity contribution in [3.05, 3.63) is 34.3 Å². The van der Waals surface area contributed by atoms with Crippen molar-refractivity contribution in [1.82, 2.24) is 4.90 Å². The Balaban J connectivity index is 2.21. The summed E-state index contributed by atoms with van der Waals surface area (Å²) in [5.74, 6) is -1.35. The van der Waals surface area contributed by atoms with Crippen LogP contribution in [0.4, 0.5) is 0 Å². The van der Waals surface area contributed by atoms with E-state index in [-0.39, 0.29) is 25.7 Å². The van der Waals surface area contributed by atoms with Crippen molar-refractivity contribution in [2.24, 2.45) is 0 Å². The normalized spacial score (nSPS) is 19.9. The molecule has 6 heteroatoms. The maximum absolute atomic E-state index is 11.7. The molecule has 1 atom stereocenters. The van der Waals surface area contributed by atoms with Crippen LogP contribution in [0.5, 0.6) is 0 Å². The molecular formula is C12H12BrNO4. The lowest BCUT2D eigenvalue weighted by Gasteiger charge is -2.33. The molecule has 18 heavy (non-hydrogen) atoms. The Labute approximate surface area is 112 Å². The first-order valence-corrected chi connectivity index (χ1v) is 6.22. The number of carboxylic acids is 1. The number of morpholine rings is 1. The first kappa shape index (κ1) is 13.0. The number of hydrogen-bond acceptors (Lipinski definition) is 3. The second-order valence-corrected chi connectivity index (χ2v) is 4.84. The van der Waals surface area contributed by atoms with E-state index in [9.17, 15) is 9.59 Å². The Bertz CT molecular complexity index is 477. The van der Waals surface area contributed by atoms with E-state index in [4.69, 9.17) is 9.84 Å². The number of amides is 1. The fourth-order valence-electron chi connectivity index (χ4n) is 1.82. The van der Waals surface area contributed by atoms with Crippen LogP contribution in [-0.2, 0) is 20.9 Å². The zero-order chi connectivity index (χ0) is 13.1. The molecule has 0 aliphatic carbocycles. The van der Waals surface area contributed by atoms with E-state index < -0.39 is 12.0 Å². The van der Waals surface area contributed by atoms with Crippen LogP contribution >= 0.6 is 15.9 Å². The summed E-state index contributed by atoms with van der Waals surface area (Å²) in [6.45, 7) is 0.236. The topological polar surface area (TPSA) is 66.8 Å². The summed E-state index contributed by atoms with van der Waals surface area (Å²) in [6, 6.07) is 6.50. The largest absolute Gasteiger partial charge is 0.480 e. The number of hydrogen-bond donors (Lipinski definition) is 1. The maximum Gasteiger partial charge on any atom is 0.328 e. The quantitative estimate of drug-likeness (QED) is 0.912.